The van der Waals surface area contributed by atoms with E-state index >= 15 is 0 Å². The Labute approximate surface area is 90.5 Å². The molecule has 0 saturated carbocycles. The molecule has 1 rings (SSSR count). The fourth-order valence-electron chi connectivity index (χ4n) is 0.969. The molecule has 78 valence electrons. The Hall–Kier alpha value is -0.520. The SMILES string of the molecule is CC(c1ncc(Cl)cn1)C(C)S(N)=O. The zero-order valence-corrected chi connectivity index (χ0v) is 9.55. The topological polar surface area (TPSA) is 68.9 Å². The summed E-state index contributed by atoms with van der Waals surface area (Å²) in [5, 5.41) is 5.61. The number of rotatable bonds is 3. The lowest BCUT2D eigenvalue weighted by molar-refractivity contribution is 0.638. The van der Waals surface area contributed by atoms with Gasteiger partial charge in [-0.15, -0.1) is 0 Å². The van der Waals surface area contributed by atoms with Gasteiger partial charge in [0.05, 0.1) is 21.3 Å². The monoisotopic (exact) mass is 233 g/mol. The van der Waals surface area contributed by atoms with Crippen molar-refractivity contribution in [2.24, 2.45) is 5.14 Å². The molecule has 0 spiro atoms. The molecule has 0 fully saturated rings. The van der Waals surface area contributed by atoms with E-state index in [0.717, 1.165) is 0 Å². The van der Waals surface area contributed by atoms with Gasteiger partial charge in [0.1, 0.15) is 5.82 Å². The Bertz CT molecular complexity index is 330. The van der Waals surface area contributed by atoms with Gasteiger partial charge in [-0.2, -0.15) is 0 Å². The number of hydrogen-bond donors (Lipinski definition) is 1. The van der Waals surface area contributed by atoms with Crippen LogP contribution in [0.1, 0.15) is 25.6 Å². The number of nitrogens with zero attached hydrogens (tertiary/aromatic N) is 2. The van der Waals surface area contributed by atoms with Crippen LogP contribution in [0.5, 0.6) is 0 Å². The summed E-state index contributed by atoms with van der Waals surface area (Å²) < 4.78 is 11.0. The summed E-state index contributed by atoms with van der Waals surface area (Å²) in [6.45, 7) is 3.69. The van der Waals surface area contributed by atoms with E-state index in [1.165, 1.54) is 12.4 Å². The first-order valence-electron chi connectivity index (χ1n) is 4.14. The molecule has 1 heterocycles. The minimum absolute atomic E-state index is 0.0434. The van der Waals surface area contributed by atoms with Crippen molar-refractivity contribution >= 4 is 22.6 Å². The Kier molecular flexibility index (Phi) is 3.97. The van der Waals surface area contributed by atoms with Crippen LogP contribution >= 0.6 is 11.6 Å². The summed E-state index contributed by atoms with van der Waals surface area (Å²) in [5.41, 5.74) is 0. The molecule has 0 aromatic carbocycles. The van der Waals surface area contributed by atoms with Crippen molar-refractivity contribution in [1.82, 2.24) is 9.97 Å². The summed E-state index contributed by atoms with van der Waals surface area (Å²) in [5.74, 6) is 0.568. The molecular formula is C8H12ClN3OS. The standard InChI is InChI=1S/C8H12ClN3OS/c1-5(6(2)14(10)13)8-11-3-7(9)4-12-8/h3-6H,10H2,1-2H3. The molecule has 1 aromatic heterocycles. The van der Waals surface area contributed by atoms with E-state index in [9.17, 15) is 4.21 Å². The lowest BCUT2D eigenvalue weighted by atomic mass is 10.1. The number of hydrogen-bond acceptors (Lipinski definition) is 3. The van der Waals surface area contributed by atoms with Gasteiger partial charge in [0.2, 0.25) is 0 Å². The van der Waals surface area contributed by atoms with Crippen molar-refractivity contribution in [3.8, 4) is 0 Å². The molecule has 2 N–H and O–H groups in total. The molecule has 3 unspecified atom stereocenters. The van der Waals surface area contributed by atoms with Crippen molar-refractivity contribution in [3.05, 3.63) is 23.2 Å². The van der Waals surface area contributed by atoms with Gasteiger partial charge in [0.15, 0.2) is 0 Å². The first-order chi connectivity index (χ1) is 6.52. The summed E-state index contributed by atoms with van der Waals surface area (Å²) >= 11 is 5.65. The highest BCUT2D eigenvalue weighted by Crippen LogP contribution is 2.18. The number of aromatic nitrogens is 2. The quantitative estimate of drug-likeness (QED) is 0.854. The third kappa shape index (κ3) is 2.73. The van der Waals surface area contributed by atoms with Crippen LogP contribution in [0.2, 0.25) is 5.02 Å². The second-order valence-electron chi connectivity index (χ2n) is 3.08. The Balaban J connectivity index is 2.84. The third-order valence-corrected chi connectivity index (χ3v) is 3.45. The largest absolute Gasteiger partial charge is 0.252 e. The van der Waals surface area contributed by atoms with E-state index < -0.39 is 11.0 Å². The van der Waals surface area contributed by atoms with Gasteiger partial charge >= 0.3 is 0 Å². The van der Waals surface area contributed by atoms with Crippen LogP contribution in [-0.2, 0) is 11.0 Å². The van der Waals surface area contributed by atoms with Crippen molar-refractivity contribution in [1.29, 1.82) is 0 Å². The predicted molar refractivity (Wildman–Crippen MR) is 57.2 cm³/mol. The van der Waals surface area contributed by atoms with Crippen LogP contribution in [0.4, 0.5) is 0 Å². The fraction of sp³-hybridized carbons (Fsp3) is 0.500. The summed E-state index contributed by atoms with van der Waals surface area (Å²) in [6, 6.07) is 0. The van der Waals surface area contributed by atoms with E-state index in [-0.39, 0.29) is 11.2 Å². The second kappa shape index (κ2) is 4.82. The molecule has 0 radical (unpaired) electrons. The second-order valence-corrected chi connectivity index (χ2v) is 4.92. The third-order valence-electron chi connectivity index (χ3n) is 2.12. The zero-order chi connectivity index (χ0) is 10.7. The maximum Gasteiger partial charge on any atom is 0.132 e. The molecule has 0 saturated heterocycles. The van der Waals surface area contributed by atoms with E-state index in [1.807, 2.05) is 6.92 Å². The molecule has 0 bridgehead atoms. The smallest absolute Gasteiger partial charge is 0.132 e. The van der Waals surface area contributed by atoms with Crippen LogP contribution in [0, 0.1) is 0 Å². The minimum atomic E-state index is -1.36. The molecule has 0 aliphatic heterocycles. The van der Waals surface area contributed by atoms with Crippen LogP contribution in [0.15, 0.2) is 12.4 Å². The molecule has 4 nitrogen and oxygen atoms in total. The van der Waals surface area contributed by atoms with Crippen LogP contribution in [-0.4, -0.2) is 19.4 Å². The molecule has 0 amide bonds. The maximum atomic E-state index is 11.0. The van der Waals surface area contributed by atoms with Crippen LogP contribution < -0.4 is 5.14 Å². The van der Waals surface area contributed by atoms with Gasteiger partial charge in [0.25, 0.3) is 0 Å². The van der Waals surface area contributed by atoms with Crippen molar-refractivity contribution in [2.45, 2.75) is 25.0 Å². The lowest BCUT2D eigenvalue weighted by Crippen LogP contribution is -2.25. The molecular weight excluding hydrogens is 222 g/mol. The molecule has 3 atom stereocenters. The van der Waals surface area contributed by atoms with E-state index in [0.29, 0.717) is 10.8 Å². The summed E-state index contributed by atoms with van der Waals surface area (Å²) in [7, 11) is -1.36. The van der Waals surface area contributed by atoms with Crippen molar-refractivity contribution in [2.75, 3.05) is 0 Å². The molecule has 0 aliphatic carbocycles. The van der Waals surface area contributed by atoms with Gasteiger partial charge in [-0.3, -0.25) is 5.14 Å². The number of nitrogens with two attached hydrogens (primary N) is 1. The van der Waals surface area contributed by atoms with Crippen molar-refractivity contribution < 1.29 is 4.21 Å². The highest BCUT2D eigenvalue weighted by molar-refractivity contribution is 7.83. The average Bonchev–Trinajstić information content (AvgIpc) is 2.16. The van der Waals surface area contributed by atoms with Gasteiger partial charge < -0.3 is 0 Å². The normalized spacial score (nSPS) is 17.4. The average molecular weight is 234 g/mol. The van der Waals surface area contributed by atoms with Gasteiger partial charge in [0, 0.05) is 18.3 Å². The first kappa shape index (κ1) is 11.6. The predicted octanol–water partition coefficient (Wildman–Crippen LogP) is 1.24. The van der Waals surface area contributed by atoms with E-state index in [4.69, 9.17) is 16.7 Å². The highest BCUT2D eigenvalue weighted by atomic mass is 35.5. The summed E-state index contributed by atoms with van der Waals surface area (Å²) in [4.78, 5) is 8.10. The van der Waals surface area contributed by atoms with Crippen LogP contribution in [0.3, 0.4) is 0 Å². The van der Waals surface area contributed by atoms with E-state index in [1.54, 1.807) is 6.92 Å². The molecule has 6 heteroatoms. The maximum absolute atomic E-state index is 11.0. The van der Waals surface area contributed by atoms with Gasteiger partial charge in [-0.25, -0.2) is 14.2 Å². The minimum Gasteiger partial charge on any atom is -0.252 e. The van der Waals surface area contributed by atoms with E-state index in [2.05, 4.69) is 9.97 Å². The molecule has 14 heavy (non-hydrogen) atoms. The lowest BCUT2D eigenvalue weighted by Gasteiger charge is -2.15. The molecule has 1 aromatic rings. The fourth-order valence-corrected chi connectivity index (χ4v) is 1.59. The van der Waals surface area contributed by atoms with Gasteiger partial charge in [-0.1, -0.05) is 18.5 Å². The zero-order valence-electron chi connectivity index (χ0n) is 7.98. The summed E-state index contributed by atoms with van der Waals surface area (Å²) in [6.07, 6.45) is 3.04. The Morgan fingerprint density at radius 3 is 2.36 bits per heavy atom. The number of halogens is 1. The molecule has 0 aliphatic rings. The van der Waals surface area contributed by atoms with Gasteiger partial charge in [-0.05, 0) is 6.92 Å². The first-order valence-corrected chi connectivity index (χ1v) is 5.80. The van der Waals surface area contributed by atoms with Crippen LogP contribution in [0.25, 0.3) is 0 Å². The Morgan fingerprint density at radius 2 is 1.93 bits per heavy atom. The highest BCUT2D eigenvalue weighted by Gasteiger charge is 2.20. The van der Waals surface area contributed by atoms with Crippen molar-refractivity contribution in [3.63, 3.8) is 0 Å². The Morgan fingerprint density at radius 1 is 1.43 bits per heavy atom.